The van der Waals surface area contributed by atoms with E-state index in [2.05, 4.69) is 0 Å². The van der Waals surface area contributed by atoms with Gasteiger partial charge in [0, 0.05) is 25.7 Å². The van der Waals surface area contributed by atoms with Gasteiger partial charge in [0.2, 0.25) is 0 Å². The Hall–Kier alpha value is -0.990. The van der Waals surface area contributed by atoms with Gasteiger partial charge < -0.3 is 9.59 Å². The lowest BCUT2D eigenvalue weighted by atomic mass is 9.82. The first-order valence-electron chi connectivity index (χ1n) is 5.73. The molecule has 0 aromatic heterocycles. The van der Waals surface area contributed by atoms with Crippen molar-refractivity contribution in [1.82, 2.24) is 0 Å². The number of hydrogen-bond donors (Lipinski definition) is 0. The summed E-state index contributed by atoms with van der Waals surface area (Å²) in [4.78, 5) is 33.3. The number of ketones is 3. The van der Waals surface area contributed by atoms with Crippen LogP contribution < -0.4 is 0 Å². The lowest BCUT2D eigenvalue weighted by molar-refractivity contribution is -0.122. The van der Waals surface area contributed by atoms with Gasteiger partial charge in [-0.15, -0.1) is 0 Å². The van der Waals surface area contributed by atoms with Gasteiger partial charge in [-0.25, -0.2) is 0 Å². The molecule has 0 spiro atoms. The molecule has 0 aliphatic carbocycles. The molecule has 16 heavy (non-hydrogen) atoms. The second-order valence-electron chi connectivity index (χ2n) is 5.31. The average Bonchev–Trinajstić information content (AvgIpc) is 1.98. The molecule has 3 nitrogen and oxygen atoms in total. The summed E-state index contributed by atoms with van der Waals surface area (Å²) >= 11 is 0. The zero-order valence-electron chi connectivity index (χ0n) is 10.8. The molecule has 3 heteroatoms. The van der Waals surface area contributed by atoms with Crippen LogP contribution in [-0.4, -0.2) is 17.3 Å². The van der Waals surface area contributed by atoms with E-state index in [-0.39, 0.29) is 22.8 Å². The zero-order chi connectivity index (χ0) is 12.8. The summed E-state index contributed by atoms with van der Waals surface area (Å²) in [6.07, 6.45) is 2.40. The van der Waals surface area contributed by atoms with E-state index in [4.69, 9.17) is 0 Å². The number of rotatable bonds is 8. The summed E-state index contributed by atoms with van der Waals surface area (Å²) in [6.45, 7) is 6.93. The smallest absolute Gasteiger partial charge is 0.133 e. The minimum absolute atomic E-state index is 0.113. The summed E-state index contributed by atoms with van der Waals surface area (Å²) < 4.78 is 0. The van der Waals surface area contributed by atoms with E-state index in [0.717, 1.165) is 0 Å². The fourth-order valence-corrected chi connectivity index (χ4v) is 1.89. The summed E-state index contributed by atoms with van der Waals surface area (Å²) in [5, 5.41) is 0. The second kappa shape index (κ2) is 6.56. The molecule has 0 N–H and O–H groups in total. The molecule has 0 saturated carbocycles. The van der Waals surface area contributed by atoms with Crippen LogP contribution in [0.4, 0.5) is 0 Å². The van der Waals surface area contributed by atoms with Gasteiger partial charge in [0.25, 0.3) is 0 Å². The molecule has 0 aliphatic rings. The highest BCUT2D eigenvalue weighted by molar-refractivity contribution is 5.82. The lowest BCUT2D eigenvalue weighted by Crippen LogP contribution is -2.20. The minimum atomic E-state index is -0.251. The van der Waals surface area contributed by atoms with Gasteiger partial charge in [-0.1, -0.05) is 13.8 Å². The highest BCUT2D eigenvalue weighted by atomic mass is 16.1. The van der Waals surface area contributed by atoms with Crippen molar-refractivity contribution >= 4 is 17.3 Å². The monoisotopic (exact) mass is 226 g/mol. The van der Waals surface area contributed by atoms with Crippen LogP contribution in [0.5, 0.6) is 0 Å². The maximum Gasteiger partial charge on any atom is 0.133 e. The largest absolute Gasteiger partial charge is 0.300 e. The maximum atomic E-state index is 11.6. The quantitative estimate of drug-likeness (QED) is 0.639. The molecule has 0 unspecified atom stereocenters. The van der Waals surface area contributed by atoms with E-state index in [1.54, 1.807) is 6.92 Å². The first-order chi connectivity index (χ1) is 7.23. The van der Waals surface area contributed by atoms with Crippen LogP contribution in [0, 0.1) is 5.41 Å². The van der Waals surface area contributed by atoms with Crippen LogP contribution in [0.15, 0.2) is 0 Å². The molecule has 0 heterocycles. The van der Waals surface area contributed by atoms with Gasteiger partial charge in [0.05, 0.1) is 0 Å². The van der Waals surface area contributed by atoms with E-state index in [9.17, 15) is 14.4 Å². The third-order valence-electron chi connectivity index (χ3n) is 2.39. The molecule has 0 amide bonds. The molecule has 0 atom stereocenters. The SMILES string of the molecule is CC(=O)CCCC(=O)CC(C)(C)CC(C)=O. The van der Waals surface area contributed by atoms with Crippen LogP contribution in [0.25, 0.3) is 0 Å². The predicted octanol–water partition coefficient (Wildman–Crippen LogP) is 2.71. The van der Waals surface area contributed by atoms with E-state index in [1.165, 1.54) is 6.92 Å². The number of carbonyl (C=O) groups is 3. The van der Waals surface area contributed by atoms with Gasteiger partial charge in [-0.2, -0.15) is 0 Å². The molecule has 0 aromatic rings. The van der Waals surface area contributed by atoms with Gasteiger partial charge >= 0.3 is 0 Å². The highest BCUT2D eigenvalue weighted by Gasteiger charge is 2.23. The average molecular weight is 226 g/mol. The van der Waals surface area contributed by atoms with Crippen LogP contribution in [-0.2, 0) is 14.4 Å². The molecule has 0 rings (SSSR count). The van der Waals surface area contributed by atoms with Crippen LogP contribution in [0.1, 0.15) is 59.8 Å². The van der Waals surface area contributed by atoms with Crippen molar-refractivity contribution in [2.75, 3.05) is 0 Å². The maximum absolute atomic E-state index is 11.6. The third kappa shape index (κ3) is 8.33. The van der Waals surface area contributed by atoms with Crippen molar-refractivity contribution in [2.45, 2.75) is 59.8 Å². The Morgan fingerprint density at radius 2 is 1.44 bits per heavy atom. The molecular formula is C13H22O3. The van der Waals surface area contributed by atoms with Crippen molar-refractivity contribution in [3.63, 3.8) is 0 Å². The second-order valence-corrected chi connectivity index (χ2v) is 5.31. The van der Waals surface area contributed by atoms with E-state index >= 15 is 0 Å². The number of hydrogen-bond acceptors (Lipinski definition) is 3. The van der Waals surface area contributed by atoms with Crippen molar-refractivity contribution in [2.24, 2.45) is 5.41 Å². The molecule has 0 radical (unpaired) electrons. The van der Waals surface area contributed by atoms with E-state index < -0.39 is 0 Å². The van der Waals surface area contributed by atoms with Crippen molar-refractivity contribution in [3.05, 3.63) is 0 Å². The molecule has 0 aliphatic heterocycles. The Morgan fingerprint density at radius 1 is 0.875 bits per heavy atom. The van der Waals surface area contributed by atoms with Crippen molar-refractivity contribution in [1.29, 1.82) is 0 Å². The van der Waals surface area contributed by atoms with Crippen LogP contribution in [0.2, 0.25) is 0 Å². The summed E-state index contributed by atoms with van der Waals surface area (Å²) in [7, 11) is 0. The minimum Gasteiger partial charge on any atom is -0.300 e. The highest BCUT2D eigenvalue weighted by Crippen LogP contribution is 2.26. The standard InChI is InChI=1S/C13H22O3/c1-10(14)6-5-7-12(16)9-13(3,4)8-11(2)15/h5-9H2,1-4H3. The van der Waals surface area contributed by atoms with Crippen LogP contribution in [0.3, 0.4) is 0 Å². The fraction of sp³-hybridized carbons (Fsp3) is 0.769. The Bertz CT molecular complexity index is 277. The molecular weight excluding hydrogens is 204 g/mol. The molecule has 0 fully saturated rings. The lowest BCUT2D eigenvalue weighted by Gasteiger charge is -2.21. The fourth-order valence-electron chi connectivity index (χ4n) is 1.89. The number of Topliss-reactive ketones (excluding diaryl/α,β-unsaturated/α-hetero) is 3. The summed E-state index contributed by atoms with van der Waals surface area (Å²) in [5.74, 6) is 0.379. The zero-order valence-corrected chi connectivity index (χ0v) is 10.8. The van der Waals surface area contributed by atoms with Gasteiger partial charge in [0.15, 0.2) is 0 Å². The Balaban J connectivity index is 3.94. The Morgan fingerprint density at radius 3 is 1.88 bits per heavy atom. The van der Waals surface area contributed by atoms with E-state index in [0.29, 0.717) is 32.1 Å². The predicted molar refractivity (Wildman–Crippen MR) is 63.2 cm³/mol. The summed E-state index contributed by atoms with van der Waals surface area (Å²) in [5.41, 5.74) is -0.251. The Kier molecular flexibility index (Phi) is 6.16. The van der Waals surface area contributed by atoms with Gasteiger partial charge in [0.1, 0.15) is 17.3 Å². The third-order valence-corrected chi connectivity index (χ3v) is 2.39. The molecule has 0 aromatic carbocycles. The normalized spacial score (nSPS) is 11.2. The molecule has 0 saturated heterocycles. The first-order valence-corrected chi connectivity index (χ1v) is 5.73. The van der Waals surface area contributed by atoms with Gasteiger partial charge in [-0.3, -0.25) is 4.79 Å². The van der Waals surface area contributed by atoms with Gasteiger partial charge in [-0.05, 0) is 25.7 Å². The van der Waals surface area contributed by atoms with Crippen LogP contribution >= 0.6 is 0 Å². The summed E-state index contributed by atoms with van der Waals surface area (Å²) in [6, 6.07) is 0. The van der Waals surface area contributed by atoms with Crippen molar-refractivity contribution < 1.29 is 14.4 Å². The Labute approximate surface area is 97.6 Å². The number of carbonyl (C=O) groups excluding carboxylic acids is 3. The first kappa shape index (κ1) is 15.0. The van der Waals surface area contributed by atoms with E-state index in [1.807, 2.05) is 13.8 Å². The topological polar surface area (TPSA) is 51.2 Å². The van der Waals surface area contributed by atoms with Crippen molar-refractivity contribution in [3.8, 4) is 0 Å². The molecule has 0 bridgehead atoms. The molecule has 92 valence electrons.